The van der Waals surface area contributed by atoms with Crippen LogP contribution in [0.5, 0.6) is 0 Å². The van der Waals surface area contributed by atoms with Crippen molar-refractivity contribution in [1.29, 1.82) is 0 Å². The summed E-state index contributed by atoms with van der Waals surface area (Å²) in [7, 11) is 0. The second kappa shape index (κ2) is 7.72. The second-order valence-corrected chi connectivity index (χ2v) is 5.70. The lowest BCUT2D eigenvalue weighted by atomic mass is 9.97. The van der Waals surface area contributed by atoms with Gasteiger partial charge in [0.05, 0.1) is 5.56 Å². The van der Waals surface area contributed by atoms with Gasteiger partial charge in [-0.3, -0.25) is 0 Å². The molecule has 0 saturated carbocycles. The second-order valence-electron chi connectivity index (χ2n) is 5.30. The van der Waals surface area contributed by atoms with Crippen LogP contribution >= 0.6 is 12.8 Å². The number of thiol groups is 1. The summed E-state index contributed by atoms with van der Waals surface area (Å²) in [6, 6.07) is 1.46. The zero-order valence-electron chi connectivity index (χ0n) is 12.4. The molecule has 0 unspecified atom stereocenters. The van der Waals surface area contributed by atoms with E-state index in [0.717, 1.165) is 35.7 Å². The Kier molecular flexibility index (Phi) is 5.92. The van der Waals surface area contributed by atoms with E-state index >= 15 is 0 Å². The highest BCUT2D eigenvalue weighted by atomic mass is 32.1. The Morgan fingerprint density at radius 2 is 2.13 bits per heavy atom. The van der Waals surface area contributed by atoms with E-state index in [-0.39, 0.29) is 5.82 Å². The summed E-state index contributed by atoms with van der Waals surface area (Å²) in [6.45, 7) is 0.461. The Morgan fingerprint density at radius 1 is 1.35 bits per heavy atom. The molecule has 126 valence electrons. The van der Waals surface area contributed by atoms with E-state index in [9.17, 15) is 18.0 Å². The molecule has 0 spiro atoms. The molecule has 1 aromatic rings. The van der Waals surface area contributed by atoms with Crippen molar-refractivity contribution in [3.05, 3.63) is 35.5 Å². The summed E-state index contributed by atoms with van der Waals surface area (Å²) < 4.78 is 38.3. The molecule has 1 aromatic heterocycles. The average molecular weight is 345 g/mol. The van der Waals surface area contributed by atoms with Crippen molar-refractivity contribution in [1.82, 2.24) is 10.3 Å². The maximum absolute atomic E-state index is 12.5. The number of urea groups is 1. The molecule has 0 atom stereocenters. The summed E-state index contributed by atoms with van der Waals surface area (Å²) in [5.41, 5.74) is 0.461. The molecule has 0 radical (unpaired) electrons. The van der Waals surface area contributed by atoms with Gasteiger partial charge in [0, 0.05) is 12.7 Å². The van der Waals surface area contributed by atoms with Crippen LogP contribution in [0.25, 0.3) is 0 Å². The molecule has 2 amide bonds. The summed E-state index contributed by atoms with van der Waals surface area (Å²) in [4.78, 5) is 15.5. The number of anilines is 1. The number of carbonyl (C=O) groups excluding carboxylic acids is 1. The van der Waals surface area contributed by atoms with Gasteiger partial charge < -0.3 is 5.32 Å². The van der Waals surface area contributed by atoms with Gasteiger partial charge in [0.1, 0.15) is 5.82 Å². The maximum atomic E-state index is 12.5. The number of carbonyl (C=O) groups is 1. The van der Waals surface area contributed by atoms with Gasteiger partial charge in [-0.1, -0.05) is 24.5 Å². The highest BCUT2D eigenvalue weighted by Crippen LogP contribution is 2.29. The van der Waals surface area contributed by atoms with Gasteiger partial charge in [0.25, 0.3) is 0 Å². The number of allylic oxidation sites excluding steroid dienone is 1. The first-order valence-electron chi connectivity index (χ1n) is 7.36. The molecule has 0 aromatic carbocycles. The lowest BCUT2D eigenvalue weighted by Gasteiger charge is -2.17. The van der Waals surface area contributed by atoms with E-state index in [0.29, 0.717) is 12.7 Å². The number of hydrogen-bond donors (Lipinski definition) is 2. The maximum Gasteiger partial charge on any atom is 0.417 e. The predicted molar refractivity (Wildman–Crippen MR) is 85.3 cm³/mol. The fourth-order valence-electron chi connectivity index (χ4n) is 2.32. The normalized spacial score (nSPS) is 15.0. The third kappa shape index (κ3) is 5.16. The lowest BCUT2D eigenvalue weighted by molar-refractivity contribution is -0.137. The van der Waals surface area contributed by atoms with Crippen LogP contribution in [0.4, 0.5) is 23.8 Å². The van der Waals surface area contributed by atoms with Crippen molar-refractivity contribution < 1.29 is 18.0 Å². The zero-order chi connectivity index (χ0) is 16.9. The van der Waals surface area contributed by atoms with E-state index in [2.05, 4.69) is 29.2 Å². The topological polar surface area (TPSA) is 45.2 Å². The van der Waals surface area contributed by atoms with Crippen molar-refractivity contribution in [3.8, 4) is 0 Å². The van der Waals surface area contributed by atoms with Crippen LogP contribution in [0.15, 0.2) is 30.0 Å². The minimum absolute atomic E-state index is 0.0377. The quantitative estimate of drug-likeness (QED) is 0.629. The highest BCUT2D eigenvalue weighted by molar-refractivity contribution is 7.82. The smallest absolute Gasteiger partial charge is 0.337 e. The largest absolute Gasteiger partial charge is 0.417 e. The Labute approximate surface area is 138 Å². The summed E-state index contributed by atoms with van der Waals surface area (Å²) in [5.74, 6) is 0.0377. The summed E-state index contributed by atoms with van der Waals surface area (Å²) in [6.07, 6.45) is 3.72. The van der Waals surface area contributed by atoms with Crippen LogP contribution in [0.3, 0.4) is 0 Å². The predicted octanol–water partition coefficient (Wildman–Crippen LogP) is 4.35. The molecule has 1 heterocycles. The SMILES string of the molecule is O=C(NCCC1=CCCCC1)N(S)c1ccc(C(F)(F)F)cn1. The van der Waals surface area contributed by atoms with Crippen LogP contribution < -0.4 is 9.62 Å². The van der Waals surface area contributed by atoms with E-state index in [1.807, 2.05) is 0 Å². The fourth-order valence-corrected chi connectivity index (χ4v) is 2.51. The number of nitrogens with one attached hydrogen (secondary N) is 1. The molecular weight excluding hydrogens is 327 g/mol. The molecule has 4 nitrogen and oxygen atoms in total. The molecule has 0 aliphatic heterocycles. The Balaban J connectivity index is 1.85. The number of pyridine rings is 1. The molecule has 2 rings (SSSR count). The Hall–Kier alpha value is -1.70. The molecule has 0 saturated heterocycles. The standard InChI is InChI=1S/C15H18F3N3OS/c16-15(17,18)12-6-7-13(20-10-12)21(23)14(22)19-9-8-11-4-2-1-3-5-11/h4,6-7,10,23H,1-3,5,8-9H2,(H,19,22). The monoisotopic (exact) mass is 345 g/mol. The lowest BCUT2D eigenvalue weighted by Crippen LogP contribution is -2.35. The zero-order valence-corrected chi connectivity index (χ0v) is 13.3. The molecule has 1 aliphatic rings. The van der Waals surface area contributed by atoms with Crippen LogP contribution in [0.1, 0.15) is 37.7 Å². The third-order valence-electron chi connectivity index (χ3n) is 3.59. The van der Waals surface area contributed by atoms with Crippen LogP contribution in [0, 0.1) is 0 Å². The first-order chi connectivity index (χ1) is 10.9. The summed E-state index contributed by atoms with van der Waals surface area (Å²) in [5, 5.41) is 2.68. The van der Waals surface area contributed by atoms with Gasteiger partial charge in [-0.15, -0.1) is 0 Å². The molecule has 1 N–H and O–H groups in total. The first kappa shape index (κ1) is 17.7. The number of alkyl halides is 3. The Bertz CT molecular complexity index is 572. The molecule has 0 bridgehead atoms. The average Bonchev–Trinajstić information content (AvgIpc) is 2.54. The highest BCUT2D eigenvalue weighted by Gasteiger charge is 2.31. The molecular formula is C15H18F3N3OS. The van der Waals surface area contributed by atoms with Gasteiger partial charge in [-0.05, 0) is 44.2 Å². The fraction of sp³-hybridized carbons (Fsp3) is 0.467. The third-order valence-corrected chi connectivity index (χ3v) is 3.98. The van der Waals surface area contributed by atoms with Crippen LogP contribution in [-0.4, -0.2) is 17.6 Å². The van der Waals surface area contributed by atoms with Gasteiger partial charge >= 0.3 is 12.2 Å². The van der Waals surface area contributed by atoms with Crippen molar-refractivity contribution in [2.45, 2.75) is 38.3 Å². The summed E-state index contributed by atoms with van der Waals surface area (Å²) >= 11 is 3.98. The molecule has 1 aliphatic carbocycles. The van der Waals surface area contributed by atoms with Crippen molar-refractivity contribution in [2.24, 2.45) is 0 Å². The van der Waals surface area contributed by atoms with Crippen molar-refractivity contribution in [2.75, 3.05) is 10.8 Å². The van der Waals surface area contributed by atoms with E-state index in [1.54, 1.807) is 0 Å². The van der Waals surface area contributed by atoms with Crippen molar-refractivity contribution in [3.63, 3.8) is 0 Å². The van der Waals surface area contributed by atoms with E-state index < -0.39 is 17.8 Å². The number of aromatic nitrogens is 1. The first-order valence-corrected chi connectivity index (χ1v) is 7.76. The van der Waals surface area contributed by atoms with E-state index in [1.165, 1.54) is 18.4 Å². The van der Waals surface area contributed by atoms with Gasteiger partial charge in [-0.2, -0.15) is 13.2 Å². The van der Waals surface area contributed by atoms with Crippen LogP contribution in [-0.2, 0) is 6.18 Å². The molecule has 23 heavy (non-hydrogen) atoms. The Morgan fingerprint density at radius 3 is 2.70 bits per heavy atom. The number of halogens is 3. The van der Waals surface area contributed by atoms with Crippen LogP contribution in [0.2, 0.25) is 0 Å². The number of rotatable bonds is 4. The molecule has 8 heteroatoms. The number of amides is 2. The minimum Gasteiger partial charge on any atom is -0.337 e. The van der Waals surface area contributed by atoms with Crippen molar-refractivity contribution >= 4 is 24.7 Å². The van der Waals surface area contributed by atoms with Gasteiger partial charge in [-0.25, -0.2) is 14.1 Å². The molecule has 0 fully saturated rings. The minimum atomic E-state index is -4.46. The van der Waals surface area contributed by atoms with E-state index in [4.69, 9.17) is 0 Å². The number of hydrogen-bond acceptors (Lipinski definition) is 3. The number of nitrogens with zero attached hydrogens (tertiary/aromatic N) is 2. The van der Waals surface area contributed by atoms with Gasteiger partial charge in [0.15, 0.2) is 0 Å². The van der Waals surface area contributed by atoms with Gasteiger partial charge in [0.2, 0.25) is 0 Å².